The van der Waals surface area contributed by atoms with Gasteiger partial charge in [0.1, 0.15) is 17.6 Å². The van der Waals surface area contributed by atoms with Gasteiger partial charge in [0, 0.05) is 19.6 Å². The monoisotopic (exact) mass is 529 g/mol. The van der Waals surface area contributed by atoms with Gasteiger partial charge >= 0.3 is 5.97 Å². The highest BCUT2D eigenvalue weighted by atomic mass is 19.1. The molecule has 1 aliphatic carbocycles. The molecule has 5 rings (SSSR count). The Labute approximate surface area is 229 Å². The number of alkyl halides is 1. The van der Waals surface area contributed by atoms with Gasteiger partial charge < -0.3 is 14.6 Å². The Hall–Kier alpha value is -3.64. The van der Waals surface area contributed by atoms with Gasteiger partial charge in [0.15, 0.2) is 0 Å². The van der Waals surface area contributed by atoms with Crippen LogP contribution in [0.2, 0.25) is 0 Å². The van der Waals surface area contributed by atoms with Gasteiger partial charge in [0.05, 0.1) is 19.3 Å². The number of aromatic carboxylic acids is 1. The van der Waals surface area contributed by atoms with Crippen molar-refractivity contribution in [3.05, 3.63) is 94.0 Å². The van der Waals surface area contributed by atoms with Crippen LogP contribution in [0.25, 0.3) is 11.1 Å². The highest BCUT2D eigenvalue weighted by Crippen LogP contribution is 2.42. The van der Waals surface area contributed by atoms with Crippen LogP contribution in [0.3, 0.4) is 0 Å². The van der Waals surface area contributed by atoms with Gasteiger partial charge in [-0.05, 0) is 114 Å². The summed E-state index contributed by atoms with van der Waals surface area (Å²) in [5.41, 5.74) is 8.25. The second kappa shape index (κ2) is 12.0. The Balaban J connectivity index is 1.52. The normalized spacial score (nSPS) is 17.6. The van der Waals surface area contributed by atoms with Crippen LogP contribution in [0.4, 0.5) is 4.39 Å². The molecule has 5 nitrogen and oxygen atoms in total. The van der Waals surface area contributed by atoms with E-state index in [0.717, 1.165) is 84.6 Å². The lowest BCUT2D eigenvalue weighted by Crippen LogP contribution is -2.26. The van der Waals surface area contributed by atoms with Gasteiger partial charge in [0.25, 0.3) is 0 Å². The number of fused-ring (bicyclic) bond motifs is 1. The molecule has 3 aromatic rings. The minimum atomic E-state index is -0.907. The Morgan fingerprint density at radius 1 is 1.03 bits per heavy atom. The molecule has 0 saturated carbocycles. The van der Waals surface area contributed by atoms with Crippen LogP contribution < -0.4 is 9.47 Å². The number of nitrogens with zero attached hydrogens (tertiary/aromatic N) is 1. The first-order valence-corrected chi connectivity index (χ1v) is 13.8. The van der Waals surface area contributed by atoms with E-state index in [0.29, 0.717) is 12.0 Å². The number of aryl methyl sites for hydroxylation is 2. The van der Waals surface area contributed by atoms with Crippen molar-refractivity contribution < 1.29 is 23.8 Å². The molecule has 1 N–H and O–H groups in total. The van der Waals surface area contributed by atoms with Crippen LogP contribution in [-0.2, 0) is 6.42 Å². The number of carboxylic acids is 1. The van der Waals surface area contributed by atoms with Gasteiger partial charge in [-0.25, -0.2) is 4.79 Å². The average Bonchev–Trinajstić information content (AvgIpc) is 3.30. The highest BCUT2D eigenvalue weighted by molar-refractivity contribution is 6.01. The Bertz CT molecular complexity index is 1360. The van der Waals surface area contributed by atoms with Gasteiger partial charge in [-0.15, -0.1) is 0 Å². The molecule has 1 aliphatic heterocycles. The summed E-state index contributed by atoms with van der Waals surface area (Å²) in [6, 6.07) is 20.0. The molecule has 39 heavy (non-hydrogen) atoms. The SMILES string of the molecule is COc1ccc(C2=C(c3ccc(OC4CCN(CCCF)C4)cc3)c3ccc(C(=O)O)cc3CCC2)c(C)c1. The molecule has 0 amide bonds. The minimum absolute atomic E-state index is 0.111. The summed E-state index contributed by atoms with van der Waals surface area (Å²) in [4.78, 5) is 14.0. The number of ether oxygens (including phenoxy) is 2. The van der Waals surface area contributed by atoms with Crippen molar-refractivity contribution in [1.82, 2.24) is 4.90 Å². The molecule has 0 radical (unpaired) electrons. The molecule has 0 bridgehead atoms. The zero-order valence-corrected chi connectivity index (χ0v) is 22.7. The summed E-state index contributed by atoms with van der Waals surface area (Å²) < 4.78 is 24.3. The van der Waals surface area contributed by atoms with Gasteiger partial charge in [-0.1, -0.05) is 24.3 Å². The number of hydrogen-bond acceptors (Lipinski definition) is 4. The van der Waals surface area contributed by atoms with Crippen LogP contribution in [0.5, 0.6) is 11.5 Å². The first kappa shape index (κ1) is 26.9. The number of halogens is 1. The topological polar surface area (TPSA) is 59.0 Å². The molecule has 1 unspecified atom stereocenters. The second-order valence-electron chi connectivity index (χ2n) is 10.5. The standard InChI is InChI=1S/C33H36FNO4/c1-22-19-27(38-2)12-14-29(22)31-6-3-5-24-20-25(33(36)37)9-13-30(24)32(31)23-7-10-26(11-8-23)39-28-15-18-35(21-28)17-4-16-34/h7-14,19-20,28H,3-6,15-18,21H2,1-2H3,(H,36,37). The largest absolute Gasteiger partial charge is 0.497 e. The van der Waals surface area contributed by atoms with Crippen molar-refractivity contribution in [1.29, 1.82) is 0 Å². The lowest BCUT2D eigenvalue weighted by molar-refractivity contribution is 0.0696. The van der Waals surface area contributed by atoms with Crippen molar-refractivity contribution in [2.24, 2.45) is 0 Å². The summed E-state index contributed by atoms with van der Waals surface area (Å²) >= 11 is 0. The van der Waals surface area contributed by atoms with Crippen molar-refractivity contribution in [3.8, 4) is 11.5 Å². The molecule has 1 saturated heterocycles. The first-order chi connectivity index (χ1) is 19.0. The van der Waals surface area contributed by atoms with E-state index in [-0.39, 0.29) is 12.8 Å². The number of carbonyl (C=O) groups is 1. The molecule has 1 fully saturated rings. The van der Waals surface area contributed by atoms with Crippen LogP contribution in [-0.4, -0.2) is 55.5 Å². The van der Waals surface area contributed by atoms with E-state index in [1.165, 1.54) is 11.1 Å². The van der Waals surface area contributed by atoms with E-state index in [9.17, 15) is 14.3 Å². The van der Waals surface area contributed by atoms with Crippen molar-refractivity contribution in [2.75, 3.05) is 33.4 Å². The third kappa shape index (κ3) is 6.01. The third-order valence-corrected chi connectivity index (χ3v) is 7.84. The quantitative estimate of drug-likeness (QED) is 0.330. The van der Waals surface area contributed by atoms with E-state index in [2.05, 4.69) is 36.1 Å². The molecule has 3 aromatic carbocycles. The van der Waals surface area contributed by atoms with Crippen LogP contribution >= 0.6 is 0 Å². The maximum Gasteiger partial charge on any atom is 0.335 e. The predicted molar refractivity (Wildman–Crippen MR) is 152 cm³/mol. The maximum absolute atomic E-state index is 12.6. The molecular formula is C33H36FNO4. The molecule has 1 atom stereocenters. The number of likely N-dealkylation sites (tertiary alicyclic amines) is 1. The lowest BCUT2D eigenvalue weighted by atomic mass is 9.86. The molecule has 6 heteroatoms. The van der Waals surface area contributed by atoms with Crippen molar-refractivity contribution >= 4 is 17.1 Å². The third-order valence-electron chi connectivity index (χ3n) is 7.84. The van der Waals surface area contributed by atoms with Gasteiger partial charge in [0.2, 0.25) is 0 Å². The van der Waals surface area contributed by atoms with Crippen molar-refractivity contribution in [2.45, 2.75) is 45.1 Å². The fourth-order valence-electron chi connectivity index (χ4n) is 5.89. The fraction of sp³-hybridized carbons (Fsp3) is 0.364. The predicted octanol–water partition coefficient (Wildman–Crippen LogP) is 6.81. The van der Waals surface area contributed by atoms with E-state index >= 15 is 0 Å². The summed E-state index contributed by atoms with van der Waals surface area (Å²) in [7, 11) is 1.68. The van der Waals surface area contributed by atoms with E-state index < -0.39 is 5.97 Å². The van der Waals surface area contributed by atoms with E-state index in [1.54, 1.807) is 13.2 Å². The Morgan fingerprint density at radius 3 is 2.51 bits per heavy atom. The molecule has 204 valence electrons. The number of rotatable bonds is 9. The van der Waals surface area contributed by atoms with Gasteiger partial charge in [-0.2, -0.15) is 0 Å². The molecule has 0 aromatic heterocycles. The zero-order chi connectivity index (χ0) is 27.4. The Morgan fingerprint density at radius 2 is 1.79 bits per heavy atom. The molecule has 1 heterocycles. The van der Waals surface area contributed by atoms with Crippen LogP contribution in [0.1, 0.15) is 63.9 Å². The lowest BCUT2D eigenvalue weighted by Gasteiger charge is -2.20. The number of carboxylic acid groups (broad SMARTS) is 1. The minimum Gasteiger partial charge on any atom is -0.497 e. The fourth-order valence-corrected chi connectivity index (χ4v) is 5.89. The summed E-state index contributed by atoms with van der Waals surface area (Å²) in [5, 5.41) is 9.60. The van der Waals surface area contributed by atoms with E-state index in [4.69, 9.17) is 9.47 Å². The van der Waals surface area contributed by atoms with Crippen LogP contribution in [0, 0.1) is 6.92 Å². The molecule has 2 aliphatic rings. The Kier molecular flexibility index (Phi) is 8.32. The molecular weight excluding hydrogens is 493 g/mol. The highest BCUT2D eigenvalue weighted by Gasteiger charge is 2.25. The summed E-state index contributed by atoms with van der Waals surface area (Å²) in [6.07, 6.45) is 4.26. The maximum atomic E-state index is 12.6. The number of allylic oxidation sites excluding steroid dienone is 1. The van der Waals surface area contributed by atoms with E-state index in [1.807, 2.05) is 30.3 Å². The summed E-state index contributed by atoms with van der Waals surface area (Å²) in [5.74, 6) is 0.750. The number of hydrogen-bond donors (Lipinski definition) is 1. The first-order valence-electron chi connectivity index (χ1n) is 13.8. The average molecular weight is 530 g/mol. The number of benzene rings is 3. The van der Waals surface area contributed by atoms with Crippen molar-refractivity contribution in [3.63, 3.8) is 0 Å². The zero-order valence-electron chi connectivity index (χ0n) is 22.7. The second-order valence-corrected chi connectivity index (χ2v) is 10.5. The van der Waals surface area contributed by atoms with Gasteiger partial charge in [-0.3, -0.25) is 9.29 Å². The number of methoxy groups -OCH3 is 1. The van der Waals surface area contributed by atoms with Crippen LogP contribution in [0.15, 0.2) is 60.7 Å². The summed E-state index contributed by atoms with van der Waals surface area (Å²) in [6.45, 7) is 4.37. The molecule has 0 spiro atoms. The smallest absolute Gasteiger partial charge is 0.335 e.